The number of hydrogen-bond donors (Lipinski definition) is 1. The molecule has 2 nitrogen and oxygen atoms in total. The number of benzene rings is 1. The van der Waals surface area contributed by atoms with Crippen LogP contribution in [-0.2, 0) is 11.2 Å². The summed E-state index contributed by atoms with van der Waals surface area (Å²) in [6.45, 7) is 12.3. The minimum atomic E-state index is -0.209. The third-order valence-corrected chi connectivity index (χ3v) is 3.47. The van der Waals surface area contributed by atoms with E-state index in [9.17, 15) is 0 Å². The molecule has 0 saturated heterocycles. The molecule has 0 amide bonds. The van der Waals surface area contributed by atoms with Gasteiger partial charge in [0.1, 0.15) is 11.4 Å². The fourth-order valence-corrected chi connectivity index (χ4v) is 2.64. The molecule has 0 bridgehead atoms. The standard InChI is InChI=1S/C16H23NO/c1-10-12(11(2)18-16(3,4)5)6-7-14-13(10)8-9-15(14)17/h6-7,15H,2,8-9,17H2,1,3-5H3/t15-/m0/s1. The van der Waals surface area contributed by atoms with E-state index in [1.165, 1.54) is 16.7 Å². The maximum Gasteiger partial charge on any atom is 0.120 e. The van der Waals surface area contributed by atoms with Crippen molar-refractivity contribution in [1.29, 1.82) is 0 Å². The van der Waals surface area contributed by atoms with Gasteiger partial charge in [-0.05, 0) is 57.2 Å². The van der Waals surface area contributed by atoms with Crippen LogP contribution in [0.1, 0.15) is 55.5 Å². The van der Waals surface area contributed by atoms with E-state index in [4.69, 9.17) is 10.5 Å². The molecule has 1 aliphatic carbocycles. The van der Waals surface area contributed by atoms with Crippen LogP contribution in [0.15, 0.2) is 18.7 Å². The molecule has 2 rings (SSSR count). The molecular weight excluding hydrogens is 222 g/mol. The Kier molecular flexibility index (Phi) is 3.24. The van der Waals surface area contributed by atoms with E-state index in [0.717, 1.165) is 24.2 Å². The zero-order valence-electron chi connectivity index (χ0n) is 11.8. The van der Waals surface area contributed by atoms with Gasteiger partial charge in [0.25, 0.3) is 0 Å². The third kappa shape index (κ3) is 2.44. The highest BCUT2D eigenvalue weighted by atomic mass is 16.5. The Bertz CT molecular complexity index is 483. The maximum atomic E-state index is 6.09. The van der Waals surface area contributed by atoms with Crippen molar-refractivity contribution in [2.75, 3.05) is 0 Å². The molecule has 0 heterocycles. The first-order valence-corrected chi connectivity index (χ1v) is 6.56. The van der Waals surface area contributed by atoms with Crippen LogP contribution in [0, 0.1) is 6.92 Å². The fraction of sp³-hybridized carbons (Fsp3) is 0.500. The largest absolute Gasteiger partial charge is 0.488 e. The van der Waals surface area contributed by atoms with Crippen LogP contribution in [0.2, 0.25) is 0 Å². The van der Waals surface area contributed by atoms with Gasteiger partial charge in [-0.25, -0.2) is 0 Å². The van der Waals surface area contributed by atoms with Crippen molar-refractivity contribution in [2.24, 2.45) is 5.73 Å². The van der Waals surface area contributed by atoms with E-state index in [1.807, 2.05) is 20.8 Å². The predicted molar refractivity (Wildman–Crippen MR) is 76.3 cm³/mol. The highest BCUT2D eigenvalue weighted by Gasteiger charge is 2.23. The van der Waals surface area contributed by atoms with Gasteiger partial charge in [-0.2, -0.15) is 0 Å². The maximum absolute atomic E-state index is 6.09. The summed E-state index contributed by atoms with van der Waals surface area (Å²) in [7, 11) is 0. The number of fused-ring (bicyclic) bond motifs is 1. The Morgan fingerprint density at radius 2 is 2.06 bits per heavy atom. The number of nitrogens with two attached hydrogens (primary N) is 1. The topological polar surface area (TPSA) is 35.2 Å². The lowest BCUT2D eigenvalue weighted by Crippen LogP contribution is -2.18. The van der Waals surface area contributed by atoms with Crippen molar-refractivity contribution in [2.45, 2.75) is 52.2 Å². The molecule has 2 heteroatoms. The molecule has 0 saturated carbocycles. The van der Waals surface area contributed by atoms with Crippen LogP contribution in [0.4, 0.5) is 0 Å². The van der Waals surface area contributed by atoms with Crippen LogP contribution in [0.3, 0.4) is 0 Å². The summed E-state index contributed by atoms with van der Waals surface area (Å²) in [5.41, 5.74) is 10.9. The Morgan fingerprint density at radius 1 is 1.39 bits per heavy atom. The third-order valence-electron chi connectivity index (χ3n) is 3.47. The molecule has 0 fully saturated rings. The van der Waals surface area contributed by atoms with Crippen molar-refractivity contribution in [3.05, 3.63) is 41.0 Å². The fourth-order valence-electron chi connectivity index (χ4n) is 2.64. The van der Waals surface area contributed by atoms with Crippen molar-refractivity contribution < 1.29 is 4.74 Å². The number of hydrogen-bond acceptors (Lipinski definition) is 2. The van der Waals surface area contributed by atoms with E-state index in [0.29, 0.717) is 0 Å². The van der Waals surface area contributed by atoms with E-state index in [1.54, 1.807) is 0 Å². The predicted octanol–water partition coefficient (Wildman–Crippen LogP) is 3.73. The molecule has 0 spiro atoms. The van der Waals surface area contributed by atoms with Crippen molar-refractivity contribution in [3.63, 3.8) is 0 Å². The average molecular weight is 245 g/mol. The summed E-state index contributed by atoms with van der Waals surface area (Å²) >= 11 is 0. The van der Waals surface area contributed by atoms with Gasteiger partial charge in [0.05, 0.1) is 0 Å². The smallest absolute Gasteiger partial charge is 0.120 e. The Morgan fingerprint density at radius 3 is 2.67 bits per heavy atom. The lowest BCUT2D eigenvalue weighted by Gasteiger charge is -2.24. The molecule has 0 aromatic heterocycles. The van der Waals surface area contributed by atoms with E-state index < -0.39 is 0 Å². The lowest BCUT2D eigenvalue weighted by molar-refractivity contribution is 0.0975. The Labute approximate surface area is 110 Å². The molecule has 2 N–H and O–H groups in total. The summed E-state index contributed by atoms with van der Waals surface area (Å²) in [6.07, 6.45) is 2.12. The number of rotatable bonds is 2. The van der Waals surface area contributed by atoms with Crippen LogP contribution < -0.4 is 5.73 Å². The van der Waals surface area contributed by atoms with Crippen LogP contribution in [-0.4, -0.2) is 5.60 Å². The molecule has 18 heavy (non-hydrogen) atoms. The van der Waals surface area contributed by atoms with Crippen molar-refractivity contribution in [3.8, 4) is 0 Å². The minimum absolute atomic E-state index is 0.199. The van der Waals surface area contributed by atoms with Gasteiger partial charge in [0.2, 0.25) is 0 Å². The summed E-state index contributed by atoms with van der Waals surface area (Å²) < 4.78 is 5.87. The quantitative estimate of drug-likeness (QED) is 0.806. The zero-order chi connectivity index (χ0) is 13.5. The summed E-state index contributed by atoms with van der Waals surface area (Å²) in [4.78, 5) is 0. The van der Waals surface area contributed by atoms with Gasteiger partial charge < -0.3 is 10.5 Å². The van der Waals surface area contributed by atoms with Crippen LogP contribution in [0.25, 0.3) is 5.76 Å². The average Bonchev–Trinajstić information content (AvgIpc) is 2.59. The highest BCUT2D eigenvalue weighted by Crippen LogP contribution is 2.35. The van der Waals surface area contributed by atoms with E-state index in [2.05, 4.69) is 25.6 Å². The molecule has 1 aliphatic rings. The molecule has 1 atom stereocenters. The second-order valence-corrected chi connectivity index (χ2v) is 6.09. The monoisotopic (exact) mass is 245 g/mol. The minimum Gasteiger partial charge on any atom is -0.488 e. The molecule has 0 aliphatic heterocycles. The highest BCUT2D eigenvalue weighted by molar-refractivity contribution is 5.64. The SMILES string of the molecule is C=C(OC(C)(C)C)c1ccc2c(c1C)CC[C@@H]2N. The van der Waals surface area contributed by atoms with Gasteiger partial charge >= 0.3 is 0 Å². The molecule has 98 valence electrons. The first-order chi connectivity index (χ1) is 8.29. The van der Waals surface area contributed by atoms with Crippen LogP contribution >= 0.6 is 0 Å². The molecule has 0 radical (unpaired) electrons. The van der Waals surface area contributed by atoms with E-state index >= 15 is 0 Å². The van der Waals surface area contributed by atoms with Gasteiger partial charge in [0, 0.05) is 11.6 Å². The first kappa shape index (κ1) is 13.2. The normalized spacial score (nSPS) is 18.6. The van der Waals surface area contributed by atoms with Crippen LogP contribution in [0.5, 0.6) is 0 Å². The van der Waals surface area contributed by atoms with Crippen molar-refractivity contribution >= 4 is 5.76 Å². The molecule has 0 unspecified atom stereocenters. The second-order valence-electron chi connectivity index (χ2n) is 6.09. The Hall–Kier alpha value is -1.28. The second kappa shape index (κ2) is 4.43. The summed E-state index contributed by atoms with van der Waals surface area (Å²) in [5.74, 6) is 0.753. The lowest BCUT2D eigenvalue weighted by atomic mass is 9.97. The summed E-state index contributed by atoms with van der Waals surface area (Å²) in [6, 6.07) is 4.42. The first-order valence-electron chi connectivity index (χ1n) is 6.56. The zero-order valence-corrected chi connectivity index (χ0v) is 11.8. The van der Waals surface area contributed by atoms with Gasteiger partial charge in [-0.1, -0.05) is 18.7 Å². The van der Waals surface area contributed by atoms with E-state index in [-0.39, 0.29) is 11.6 Å². The van der Waals surface area contributed by atoms with Gasteiger partial charge in [0.15, 0.2) is 0 Å². The summed E-state index contributed by atoms with van der Waals surface area (Å²) in [5, 5.41) is 0. The number of ether oxygens (including phenoxy) is 1. The molecule has 1 aromatic carbocycles. The molecule has 1 aromatic rings. The Balaban J connectivity index is 2.34. The molecular formula is C16H23NO. The van der Waals surface area contributed by atoms with Crippen molar-refractivity contribution in [1.82, 2.24) is 0 Å². The van der Waals surface area contributed by atoms with Gasteiger partial charge in [-0.3, -0.25) is 0 Å². The van der Waals surface area contributed by atoms with Gasteiger partial charge in [-0.15, -0.1) is 0 Å².